The van der Waals surface area contributed by atoms with Gasteiger partial charge in [-0.2, -0.15) is 5.10 Å². The van der Waals surface area contributed by atoms with Crippen LogP contribution in [0.5, 0.6) is 0 Å². The molecule has 0 bridgehead atoms. The maximum Gasteiger partial charge on any atom is 0.261 e. The standard InChI is InChI=1S/C20H23N5O3/c26-19(8-9-24-14-21-18-7-2-1-6-17(18)20(24)27)23-15-11-22-25(12-15)13-16-5-3-4-10-28-16/h1-2,6-7,11-12,14,16H,3-5,8-10,13H2,(H,23,26). The van der Waals surface area contributed by atoms with Crippen LogP contribution in [0.25, 0.3) is 10.9 Å². The molecule has 0 aliphatic carbocycles. The van der Waals surface area contributed by atoms with E-state index in [2.05, 4.69) is 15.4 Å². The van der Waals surface area contributed by atoms with Gasteiger partial charge in [0.2, 0.25) is 5.91 Å². The second-order valence-electron chi connectivity index (χ2n) is 7.00. The molecule has 2 aromatic heterocycles. The summed E-state index contributed by atoms with van der Waals surface area (Å²) in [6.07, 6.45) is 8.62. The summed E-state index contributed by atoms with van der Waals surface area (Å²) in [5.41, 5.74) is 1.16. The summed E-state index contributed by atoms with van der Waals surface area (Å²) in [4.78, 5) is 29.0. The molecule has 8 heteroatoms. The number of aryl methyl sites for hydroxylation is 1. The van der Waals surface area contributed by atoms with Gasteiger partial charge in [-0.1, -0.05) is 12.1 Å². The van der Waals surface area contributed by atoms with Crippen molar-refractivity contribution in [1.29, 1.82) is 0 Å². The maximum absolute atomic E-state index is 12.5. The Kier molecular flexibility index (Phi) is 5.48. The SMILES string of the molecule is O=C(CCn1cnc2ccccc2c1=O)Nc1cnn(CC2CCCCO2)c1. The fourth-order valence-corrected chi connectivity index (χ4v) is 3.40. The van der Waals surface area contributed by atoms with E-state index in [1.54, 1.807) is 35.3 Å². The monoisotopic (exact) mass is 381 g/mol. The van der Waals surface area contributed by atoms with Crippen molar-refractivity contribution in [3.8, 4) is 0 Å². The van der Waals surface area contributed by atoms with Gasteiger partial charge >= 0.3 is 0 Å². The van der Waals surface area contributed by atoms with Gasteiger partial charge in [-0.05, 0) is 31.4 Å². The molecule has 1 aliphatic rings. The number of benzene rings is 1. The number of amides is 1. The van der Waals surface area contributed by atoms with Crippen LogP contribution in [0.3, 0.4) is 0 Å². The molecule has 0 radical (unpaired) electrons. The molecule has 0 saturated carbocycles. The average molecular weight is 381 g/mol. The van der Waals surface area contributed by atoms with Crippen molar-refractivity contribution >= 4 is 22.5 Å². The molecule has 1 N–H and O–H groups in total. The molecule has 1 aromatic carbocycles. The lowest BCUT2D eigenvalue weighted by Crippen LogP contribution is -2.24. The fourth-order valence-electron chi connectivity index (χ4n) is 3.40. The van der Waals surface area contributed by atoms with E-state index < -0.39 is 0 Å². The summed E-state index contributed by atoms with van der Waals surface area (Å²) in [5.74, 6) is -0.173. The molecule has 1 amide bonds. The number of hydrogen-bond donors (Lipinski definition) is 1. The minimum Gasteiger partial charge on any atom is -0.376 e. The second-order valence-corrected chi connectivity index (χ2v) is 7.00. The highest BCUT2D eigenvalue weighted by Gasteiger charge is 2.15. The van der Waals surface area contributed by atoms with Gasteiger partial charge in [0.15, 0.2) is 0 Å². The van der Waals surface area contributed by atoms with E-state index in [0.29, 0.717) is 23.1 Å². The zero-order valence-corrected chi connectivity index (χ0v) is 15.6. The van der Waals surface area contributed by atoms with Gasteiger partial charge in [-0.25, -0.2) is 4.98 Å². The topological polar surface area (TPSA) is 91.0 Å². The van der Waals surface area contributed by atoms with Gasteiger partial charge in [0, 0.05) is 25.8 Å². The lowest BCUT2D eigenvalue weighted by molar-refractivity contribution is -0.116. The molecule has 3 aromatic rings. The third-order valence-corrected chi connectivity index (χ3v) is 4.89. The van der Waals surface area contributed by atoms with Crippen molar-refractivity contribution in [1.82, 2.24) is 19.3 Å². The lowest BCUT2D eigenvalue weighted by atomic mass is 10.1. The molecular weight excluding hydrogens is 358 g/mol. The zero-order chi connectivity index (χ0) is 19.3. The van der Waals surface area contributed by atoms with Crippen molar-refractivity contribution in [2.24, 2.45) is 0 Å². The number of nitrogens with one attached hydrogen (secondary N) is 1. The van der Waals surface area contributed by atoms with Crippen LogP contribution < -0.4 is 10.9 Å². The van der Waals surface area contributed by atoms with Gasteiger partial charge < -0.3 is 10.1 Å². The summed E-state index contributed by atoms with van der Waals surface area (Å²) in [5, 5.41) is 7.67. The molecule has 3 heterocycles. The van der Waals surface area contributed by atoms with Crippen LogP contribution in [0.1, 0.15) is 25.7 Å². The number of hydrogen-bond acceptors (Lipinski definition) is 5. The van der Waals surface area contributed by atoms with Crippen LogP contribution >= 0.6 is 0 Å². The number of fused-ring (bicyclic) bond motifs is 1. The van der Waals surface area contributed by atoms with Crippen LogP contribution in [0, 0.1) is 0 Å². The molecule has 1 unspecified atom stereocenters. The number of nitrogens with zero attached hydrogens (tertiary/aromatic N) is 4. The Bertz CT molecular complexity index is 1020. The van der Waals surface area contributed by atoms with Crippen molar-refractivity contribution in [3.63, 3.8) is 0 Å². The largest absolute Gasteiger partial charge is 0.376 e. The molecule has 4 rings (SSSR count). The van der Waals surface area contributed by atoms with E-state index in [9.17, 15) is 9.59 Å². The smallest absolute Gasteiger partial charge is 0.261 e. The Morgan fingerprint density at radius 3 is 3.04 bits per heavy atom. The lowest BCUT2D eigenvalue weighted by Gasteiger charge is -2.22. The Balaban J connectivity index is 1.32. The van der Waals surface area contributed by atoms with E-state index in [1.165, 1.54) is 17.3 Å². The highest BCUT2D eigenvalue weighted by atomic mass is 16.5. The first-order valence-corrected chi connectivity index (χ1v) is 9.57. The number of para-hydroxylation sites is 1. The summed E-state index contributed by atoms with van der Waals surface area (Å²) in [7, 11) is 0. The Labute approximate surface area is 162 Å². The van der Waals surface area contributed by atoms with Crippen molar-refractivity contribution < 1.29 is 9.53 Å². The minimum atomic E-state index is -0.173. The summed E-state index contributed by atoms with van der Waals surface area (Å²) < 4.78 is 8.97. The first kappa shape index (κ1) is 18.4. The number of anilines is 1. The molecule has 1 atom stereocenters. The third-order valence-electron chi connectivity index (χ3n) is 4.89. The Morgan fingerprint density at radius 1 is 1.29 bits per heavy atom. The number of carbonyl (C=O) groups excluding carboxylic acids is 1. The Morgan fingerprint density at radius 2 is 2.18 bits per heavy atom. The van der Waals surface area contributed by atoms with Crippen LogP contribution in [-0.2, 0) is 22.6 Å². The van der Waals surface area contributed by atoms with E-state index in [4.69, 9.17) is 4.74 Å². The first-order chi connectivity index (χ1) is 13.7. The normalized spacial score (nSPS) is 16.9. The number of ether oxygens (including phenoxy) is 1. The van der Waals surface area contributed by atoms with Crippen molar-refractivity contribution in [2.45, 2.75) is 44.9 Å². The molecule has 1 aliphatic heterocycles. The average Bonchev–Trinajstić information content (AvgIpc) is 3.15. The van der Waals surface area contributed by atoms with Crippen LogP contribution in [0.2, 0.25) is 0 Å². The summed E-state index contributed by atoms with van der Waals surface area (Å²) >= 11 is 0. The molecular formula is C20H23N5O3. The predicted octanol–water partition coefficient (Wildman–Crippen LogP) is 2.19. The van der Waals surface area contributed by atoms with E-state index in [0.717, 1.165) is 19.4 Å². The predicted molar refractivity (Wildman–Crippen MR) is 105 cm³/mol. The minimum absolute atomic E-state index is 0.140. The molecule has 1 saturated heterocycles. The van der Waals surface area contributed by atoms with Gasteiger partial charge in [-0.15, -0.1) is 0 Å². The summed E-state index contributed by atoms with van der Waals surface area (Å²) in [6, 6.07) is 7.18. The number of aromatic nitrogens is 4. The molecule has 8 nitrogen and oxygen atoms in total. The second kappa shape index (κ2) is 8.35. The van der Waals surface area contributed by atoms with Crippen LogP contribution in [-0.4, -0.2) is 37.9 Å². The van der Waals surface area contributed by atoms with Gasteiger partial charge in [-0.3, -0.25) is 18.8 Å². The van der Waals surface area contributed by atoms with Gasteiger partial charge in [0.05, 0.1) is 41.8 Å². The summed E-state index contributed by atoms with van der Waals surface area (Å²) in [6.45, 7) is 1.76. The van der Waals surface area contributed by atoms with Crippen LogP contribution in [0.4, 0.5) is 5.69 Å². The highest BCUT2D eigenvalue weighted by Crippen LogP contribution is 2.15. The van der Waals surface area contributed by atoms with Crippen molar-refractivity contribution in [2.75, 3.05) is 11.9 Å². The van der Waals surface area contributed by atoms with E-state index in [1.807, 2.05) is 6.07 Å². The van der Waals surface area contributed by atoms with Gasteiger partial charge in [0.1, 0.15) is 0 Å². The quantitative estimate of drug-likeness (QED) is 0.707. The van der Waals surface area contributed by atoms with Gasteiger partial charge in [0.25, 0.3) is 5.56 Å². The molecule has 146 valence electrons. The Hall–Kier alpha value is -3.00. The number of rotatable bonds is 6. The zero-order valence-electron chi connectivity index (χ0n) is 15.6. The third kappa shape index (κ3) is 4.28. The van der Waals surface area contributed by atoms with Crippen LogP contribution in [0.15, 0.2) is 47.8 Å². The highest BCUT2D eigenvalue weighted by molar-refractivity contribution is 5.90. The first-order valence-electron chi connectivity index (χ1n) is 9.57. The molecule has 0 spiro atoms. The molecule has 1 fully saturated rings. The van der Waals surface area contributed by atoms with E-state index in [-0.39, 0.29) is 30.5 Å². The molecule has 28 heavy (non-hydrogen) atoms. The fraction of sp³-hybridized carbons (Fsp3) is 0.400. The van der Waals surface area contributed by atoms with Crippen molar-refractivity contribution in [3.05, 3.63) is 53.3 Å². The number of carbonyl (C=O) groups is 1. The maximum atomic E-state index is 12.5. The van der Waals surface area contributed by atoms with E-state index >= 15 is 0 Å².